The molecule has 0 saturated heterocycles. The lowest BCUT2D eigenvalue weighted by Gasteiger charge is -2.26. The maximum atomic E-state index is 12.6. The lowest BCUT2D eigenvalue weighted by atomic mass is 10.1. The van der Waals surface area contributed by atoms with Crippen molar-refractivity contribution in [3.8, 4) is 11.3 Å². The quantitative estimate of drug-likeness (QED) is 0.726. The normalized spacial score (nSPS) is 19.7. The predicted octanol–water partition coefficient (Wildman–Crippen LogP) is 1.30. The number of aromatic amines is 1. The van der Waals surface area contributed by atoms with Crippen molar-refractivity contribution < 1.29 is 4.79 Å². The maximum Gasteiger partial charge on any atom is 0.288 e. The monoisotopic (exact) mass is 366 g/mol. The molecule has 0 aliphatic heterocycles. The first-order valence-electron chi connectivity index (χ1n) is 9.05. The van der Waals surface area contributed by atoms with Crippen LogP contribution in [-0.4, -0.2) is 56.6 Å². The summed E-state index contributed by atoms with van der Waals surface area (Å²) in [5.41, 5.74) is 1.05. The first-order valence-corrected chi connectivity index (χ1v) is 9.05. The Morgan fingerprint density at radius 2 is 2.00 bits per heavy atom. The van der Waals surface area contributed by atoms with Crippen LogP contribution in [0.1, 0.15) is 29.9 Å². The molecule has 140 valence electrons. The zero-order valence-corrected chi connectivity index (χ0v) is 15.3. The zero-order chi connectivity index (χ0) is 19.0. The number of likely N-dealkylation sites (N-methyl/N-ethyl adjacent to an activating group) is 1. The maximum absolute atomic E-state index is 12.6. The standard InChI is InChI=1S/C19H22N6O2/c1-24(2)15-10-6-9-13(15)20-18(27)17-22-19-21-14(11-16(26)25(19)23-17)12-7-4-3-5-8-12/h3-5,7-8,11,13,15H,6,9-10H2,1-2H3,(H,20,27)(H,21,22,23)/t13-,15-/m1/s1. The molecular formula is C19H22N6O2. The topological polar surface area (TPSA) is 95.4 Å². The van der Waals surface area contributed by atoms with Crippen LogP contribution in [0.25, 0.3) is 17.0 Å². The Balaban J connectivity index is 1.62. The van der Waals surface area contributed by atoms with Gasteiger partial charge in [0.05, 0.1) is 5.69 Å². The molecule has 1 aromatic carbocycles. The highest BCUT2D eigenvalue weighted by atomic mass is 16.2. The van der Waals surface area contributed by atoms with Crippen LogP contribution in [0.15, 0.2) is 41.2 Å². The van der Waals surface area contributed by atoms with E-state index in [4.69, 9.17) is 0 Å². The van der Waals surface area contributed by atoms with E-state index < -0.39 is 0 Å². The van der Waals surface area contributed by atoms with E-state index in [0.29, 0.717) is 11.7 Å². The van der Waals surface area contributed by atoms with Gasteiger partial charge < -0.3 is 10.2 Å². The van der Waals surface area contributed by atoms with Crippen molar-refractivity contribution >= 4 is 11.7 Å². The molecule has 1 amide bonds. The lowest BCUT2D eigenvalue weighted by molar-refractivity contribution is 0.0909. The summed E-state index contributed by atoms with van der Waals surface area (Å²) in [5.74, 6) is -0.0452. The van der Waals surface area contributed by atoms with Gasteiger partial charge in [-0.1, -0.05) is 30.3 Å². The number of rotatable bonds is 4. The van der Waals surface area contributed by atoms with E-state index in [1.54, 1.807) is 0 Å². The highest BCUT2D eigenvalue weighted by Gasteiger charge is 2.31. The van der Waals surface area contributed by atoms with Crippen molar-refractivity contribution in [2.75, 3.05) is 14.1 Å². The number of benzene rings is 1. The third kappa shape index (κ3) is 3.35. The van der Waals surface area contributed by atoms with Crippen LogP contribution in [0.4, 0.5) is 0 Å². The van der Waals surface area contributed by atoms with Crippen LogP contribution >= 0.6 is 0 Å². The molecule has 27 heavy (non-hydrogen) atoms. The van der Waals surface area contributed by atoms with Gasteiger partial charge in [-0.2, -0.15) is 9.50 Å². The summed E-state index contributed by atoms with van der Waals surface area (Å²) in [6.45, 7) is 0. The number of nitrogens with one attached hydrogen (secondary N) is 2. The summed E-state index contributed by atoms with van der Waals surface area (Å²) in [7, 11) is 4.04. The lowest BCUT2D eigenvalue weighted by Crippen LogP contribution is -2.46. The number of hydrogen-bond donors (Lipinski definition) is 2. The molecule has 1 aliphatic carbocycles. The van der Waals surface area contributed by atoms with E-state index in [2.05, 4.69) is 25.3 Å². The first kappa shape index (κ1) is 17.4. The molecule has 2 heterocycles. The number of H-pyrrole nitrogens is 1. The molecule has 1 fully saturated rings. The number of hydrogen-bond acceptors (Lipinski definition) is 5. The molecule has 0 spiro atoms. The highest BCUT2D eigenvalue weighted by molar-refractivity contribution is 5.91. The zero-order valence-electron chi connectivity index (χ0n) is 15.3. The van der Waals surface area contributed by atoms with Gasteiger partial charge in [0, 0.05) is 23.7 Å². The van der Waals surface area contributed by atoms with Gasteiger partial charge in [-0.05, 0) is 33.4 Å². The summed E-state index contributed by atoms with van der Waals surface area (Å²) >= 11 is 0. The molecule has 2 N–H and O–H groups in total. The number of nitrogens with zero attached hydrogens (tertiary/aromatic N) is 4. The summed E-state index contributed by atoms with van der Waals surface area (Å²) in [6.07, 6.45) is 3.07. The van der Waals surface area contributed by atoms with Crippen molar-refractivity contribution in [1.29, 1.82) is 0 Å². The third-order valence-electron chi connectivity index (χ3n) is 5.07. The smallest absolute Gasteiger partial charge is 0.288 e. The average Bonchev–Trinajstić information content (AvgIpc) is 3.29. The first-order chi connectivity index (χ1) is 13.0. The second kappa shape index (κ2) is 6.96. The minimum absolute atomic E-state index is 0.0743. The minimum atomic E-state index is -0.320. The van der Waals surface area contributed by atoms with E-state index in [9.17, 15) is 9.59 Å². The van der Waals surface area contributed by atoms with E-state index in [0.717, 1.165) is 24.8 Å². The fourth-order valence-electron chi connectivity index (χ4n) is 3.70. The van der Waals surface area contributed by atoms with Gasteiger partial charge in [-0.3, -0.25) is 14.7 Å². The third-order valence-corrected chi connectivity index (χ3v) is 5.07. The molecule has 4 rings (SSSR count). The Labute approximate surface area is 156 Å². The number of fused-ring (bicyclic) bond motifs is 1. The Kier molecular flexibility index (Phi) is 4.49. The molecular weight excluding hydrogens is 344 g/mol. The summed E-state index contributed by atoms with van der Waals surface area (Å²) in [6, 6.07) is 11.2. The van der Waals surface area contributed by atoms with Crippen molar-refractivity contribution in [1.82, 2.24) is 29.8 Å². The van der Waals surface area contributed by atoms with Crippen LogP contribution in [0.2, 0.25) is 0 Å². The fourth-order valence-corrected chi connectivity index (χ4v) is 3.70. The van der Waals surface area contributed by atoms with Crippen molar-refractivity contribution in [2.45, 2.75) is 31.3 Å². The molecule has 8 heteroatoms. The van der Waals surface area contributed by atoms with Crippen LogP contribution in [-0.2, 0) is 0 Å². The number of carbonyl (C=O) groups is 1. The number of amides is 1. The SMILES string of the molecule is CN(C)[C@@H]1CCC[C@H]1NC(=O)c1nc2nc(-c3ccccc3)cc(=O)n2[nH]1. The molecule has 1 aliphatic rings. The van der Waals surface area contributed by atoms with Gasteiger partial charge in [-0.25, -0.2) is 4.98 Å². The Morgan fingerprint density at radius 1 is 1.22 bits per heavy atom. The molecule has 2 atom stereocenters. The highest BCUT2D eigenvalue weighted by Crippen LogP contribution is 2.22. The van der Waals surface area contributed by atoms with Gasteiger partial charge in [0.2, 0.25) is 5.82 Å². The second-order valence-corrected chi connectivity index (χ2v) is 7.10. The van der Waals surface area contributed by atoms with Gasteiger partial charge in [0.1, 0.15) is 0 Å². The molecule has 8 nitrogen and oxygen atoms in total. The predicted molar refractivity (Wildman–Crippen MR) is 102 cm³/mol. The molecule has 1 saturated carbocycles. The van der Waals surface area contributed by atoms with Crippen LogP contribution < -0.4 is 10.9 Å². The van der Waals surface area contributed by atoms with E-state index in [-0.39, 0.29) is 29.1 Å². The second-order valence-electron chi connectivity index (χ2n) is 7.10. The van der Waals surface area contributed by atoms with Gasteiger partial charge >= 0.3 is 0 Å². The summed E-state index contributed by atoms with van der Waals surface area (Å²) < 4.78 is 1.19. The van der Waals surface area contributed by atoms with E-state index >= 15 is 0 Å². The molecule has 0 bridgehead atoms. The Morgan fingerprint density at radius 3 is 2.74 bits per heavy atom. The molecule has 2 aromatic heterocycles. The Bertz CT molecular complexity index is 1020. The molecule has 0 radical (unpaired) electrons. The van der Waals surface area contributed by atoms with Gasteiger partial charge in [0.25, 0.3) is 17.2 Å². The van der Waals surface area contributed by atoms with Gasteiger partial charge in [-0.15, -0.1) is 0 Å². The van der Waals surface area contributed by atoms with Crippen molar-refractivity contribution in [2.24, 2.45) is 0 Å². The average molecular weight is 366 g/mol. The fraction of sp³-hybridized carbons (Fsp3) is 0.368. The van der Waals surface area contributed by atoms with E-state index in [1.165, 1.54) is 10.6 Å². The van der Waals surface area contributed by atoms with Crippen LogP contribution in [0, 0.1) is 0 Å². The van der Waals surface area contributed by atoms with Crippen LogP contribution in [0.5, 0.6) is 0 Å². The number of carbonyl (C=O) groups excluding carboxylic acids is 1. The van der Waals surface area contributed by atoms with E-state index in [1.807, 2.05) is 44.4 Å². The molecule has 3 aromatic rings. The van der Waals surface area contributed by atoms with Gasteiger partial charge in [0.15, 0.2) is 0 Å². The minimum Gasteiger partial charge on any atom is -0.345 e. The Hall–Kier alpha value is -3.00. The van der Waals surface area contributed by atoms with Crippen molar-refractivity contribution in [3.63, 3.8) is 0 Å². The molecule has 0 unspecified atom stereocenters. The summed E-state index contributed by atoms with van der Waals surface area (Å²) in [5, 5.41) is 5.80. The largest absolute Gasteiger partial charge is 0.345 e. The van der Waals surface area contributed by atoms with Crippen LogP contribution in [0.3, 0.4) is 0 Å². The summed E-state index contributed by atoms with van der Waals surface area (Å²) in [4.78, 5) is 35.8. The van der Waals surface area contributed by atoms with Crippen molar-refractivity contribution in [3.05, 3.63) is 52.6 Å². The number of aromatic nitrogens is 4.